The van der Waals surface area contributed by atoms with Crippen molar-refractivity contribution in [2.75, 3.05) is 50.7 Å². The molecule has 2 aliphatic rings. The minimum absolute atomic E-state index is 0.344. The Morgan fingerprint density at radius 1 is 1.03 bits per heavy atom. The van der Waals surface area contributed by atoms with Crippen LogP contribution in [-0.2, 0) is 11.2 Å². The van der Waals surface area contributed by atoms with Gasteiger partial charge in [0.1, 0.15) is 5.82 Å². The molecule has 2 saturated heterocycles. The van der Waals surface area contributed by atoms with Crippen LogP contribution in [0.5, 0.6) is 0 Å². The van der Waals surface area contributed by atoms with E-state index < -0.39 is 0 Å². The highest BCUT2D eigenvalue weighted by Gasteiger charge is 2.26. The summed E-state index contributed by atoms with van der Waals surface area (Å²) in [4.78, 5) is 24.3. The van der Waals surface area contributed by atoms with Crippen LogP contribution in [0.2, 0.25) is 0 Å². The highest BCUT2D eigenvalue weighted by molar-refractivity contribution is 5.76. The van der Waals surface area contributed by atoms with E-state index in [0.29, 0.717) is 18.2 Å². The summed E-state index contributed by atoms with van der Waals surface area (Å²) < 4.78 is 0. The van der Waals surface area contributed by atoms with Crippen LogP contribution < -0.4 is 4.90 Å². The van der Waals surface area contributed by atoms with Crippen molar-refractivity contribution < 1.29 is 4.79 Å². The minimum atomic E-state index is 0.344. The van der Waals surface area contributed by atoms with E-state index in [4.69, 9.17) is 0 Å². The zero-order valence-corrected chi connectivity index (χ0v) is 18.9. The van der Waals surface area contributed by atoms with Gasteiger partial charge < -0.3 is 9.80 Å². The molecule has 0 aliphatic carbocycles. The van der Waals surface area contributed by atoms with Crippen LogP contribution in [-0.4, -0.2) is 66.5 Å². The number of amides is 1. The lowest BCUT2D eigenvalue weighted by atomic mass is 9.96. The largest absolute Gasteiger partial charge is 0.354 e. The van der Waals surface area contributed by atoms with E-state index >= 15 is 0 Å². The van der Waals surface area contributed by atoms with E-state index in [1.165, 1.54) is 17.5 Å². The Kier molecular flexibility index (Phi) is 7.57. The second kappa shape index (κ2) is 10.8. The Morgan fingerprint density at radius 2 is 1.84 bits per heavy atom. The molecular weight excluding hydrogens is 384 g/mol. The van der Waals surface area contributed by atoms with Crippen LogP contribution in [0.4, 0.5) is 5.82 Å². The molecule has 4 rings (SSSR count). The molecule has 1 aromatic heterocycles. The molecule has 3 heterocycles. The summed E-state index contributed by atoms with van der Waals surface area (Å²) in [6.45, 7) is 9.33. The third-order valence-corrected chi connectivity index (χ3v) is 6.71. The van der Waals surface area contributed by atoms with Crippen molar-refractivity contribution >= 4 is 11.7 Å². The number of aromatic nitrogens is 1. The molecule has 2 aromatic rings. The maximum absolute atomic E-state index is 12.8. The predicted molar refractivity (Wildman–Crippen MR) is 126 cm³/mol. The topological polar surface area (TPSA) is 39.7 Å². The molecule has 0 bridgehead atoms. The minimum Gasteiger partial charge on any atom is -0.354 e. The summed E-state index contributed by atoms with van der Waals surface area (Å²) in [5.41, 5.74) is 2.62. The number of piperidine rings is 1. The molecule has 5 nitrogen and oxygen atoms in total. The summed E-state index contributed by atoms with van der Waals surface area (Å²) in [5.74, 6) is 2.04. The van der Waals surface area contributed by atoms with Crippen LogP contribution in [0.25, 0.3) is 0 Å². The van der Waals surface area contributed by atoms with E-state index in [2.05, 4.69) is 63.0 Å². The van der Waals surface area contributed by atoms with Crippen molar-refractivity contribution in [3.05, 3.63) is 59.8 Å². The summed E-state index contributed by atoms with van der Waals surface area (Å²) in [5, 5.41) is 0. The Hall–Kier alpha value is -2.40. The monoisotopic (exact) mass is 420 g/mol. The van der Waals surface area contributed by atoms with Crippen LogP contribution >= 0.6 is 0 Å². The average molecular weight is 421 g/mol. The van der Waals surface area contributed by atoms with Gasteiger partial charge in [-0.2, -0.15) is 0 Å². The van der Waals surface area contributed by atoms with Crippen molar-refractivity contribution in [2.45, 2.75) is 39.0 Å². The van der Waals surface area contributed by atoms with Gasteiger partial charge in [-0.15, -0.1) is 0 Å². The number of aryl methyl sites for hydroxylation is 2. The van der Waals surface area contributed by atoms with Gasteiger partial charge in [0.25, 0.3) is 0 Å². The van der Waals surface area contributed by atoms with E-state index in [0.717, 1.165) is 70.9 Å². The molecule has 2 fully saturated rings. The van der Waals surface area contributed by atoms with Gasteiger partial charge in [-0.25, -0.2) is 4.98 Å². The quantitative estimate of drug-likeness (QED) is 0.684. The second-order valence-corrected chi connectivity index (χ2v) is 9.16. The van der Waals surface area contributed by atoms with Crippen molar-refractivity contribution in [1.29, 1.82) is 0 Å². The number of pyridine rings is 1. The molecule has 0 saturated carbocycles. The lowest BCUT2D eigenvalue weighted by Gasteiger charge is -2.39. The zero-order chi connectivity index (χ0) is 21.5. The first-order valence-corrected chi connectivity index (χ1v) is 11.9. The van der Waals surface area contributed by atoms with E-state index in [1.54, 1.807) is 0 Å². The molecule has 166 valence electrons. The van der Waals surface area contributed by atoms with Gasteiger partial charge in [-0.05, 0) is 56.2 Å². The highest BCUT2D eigenvalue weighted by Crippen LogP contribution is 2.21. The SMILES string of the molecule is Cc1ccc(CCCC(=O)N2CCCC(CN3CCN(c4ccccn4)CC3)C2)cc1. The smallest absolute Gasteiger partial charge is 0.222 e. The van der Waals surface area contributed by atoms with Crippen LogP contribution in [0.15, 0.2) is 48.7 Å². The van der Waals surface area contributed by atoms with Gasteiger partial charge in [0.15, 0.2) is 0 Å². The normalized spacial score (nSPS) is 20.1. The van der Waals surface area contributed by atoms with Crippen LogP contribution in [0.3, 0.4) is 0 Å². The molecule has 1 atom stereocenters. The standard InChI is InChI=1S/C26H36N4O/c1-22-10-12-23(13-11-22)6-4-9-26(31)30-15-5-7-24(21-30)20-28-16-18-29(19-17-28)25-8-2-3-14-27-25/h2-3,8,10-14,24H,4-7,9,15-21H2,1H3. The fourth-order valence-electron chi connectivity index (χ4n) is 4.86. The number of anilines is 1. The molecule has 2 aliphatic heterocycles. The third kappa shape index (κ3) is 6.30. The van der Waals surface area contributed by atoms with Crippen molar-refractivity contribution in [3.8, 4) is 0 Å². The van der Waals surface area contributed by atoms with Crippen molar-refractivity contribution in [3.63, 3.8) is 0 Å². The Bertz CT molecular complexity index is 815. The molecule has 0 N–H and O–H groups in total. The lowest BCUT2D eigenvalue weighted by molar-refractivity contribution is -0.133. The Morgan fingerprint density at radius 3 is 2.58 bits per heavy atom. The maximum Gasteiger partial charge on any atom is 0.222 e. The fraction of sp³-hybridized carbons (Fsp3) is 0.538. The lowest BCUT2D eigenvalue weighted by Crippen LogP contribution is -2.50. The van der Waals surface area contributed by atoms with Gasteiger partial charge in [-0.1, -0.05) is 35.9 Å². The number of carbonyl (C=O) groups is 1. The first-order valence-electron chi connectivity index (χ1n) is 11.9. The molecule has 1 amide bonds. The van der Waals surface area contributed by atoms with Crippen LogP contribution in [0.1, 0.15) is 36.8 Å². The Labute approximate surface area is 187 Å². The number of likely N-dealkylation sites (tertiary alicyclic amines) is 1. The number of benzene rings is 1. The summed E-state index contributed by atoms with van der Waals surface area (Å²) >= 11 is 0. The summed E-state index contributed by atoms with van der Waals surface area (Å²) in [7, 11) is 0. The molecule has 1 aromatic carbocycles. The van der Waals surface area contributed by atoms with Crippen molar-refractivity contribution in [2.24, 2.45) is 5.92 Å². The van der Waals surface area contributed by atoms with E-state index in [1.807, 2.05) is 12.3 Å². The first-order chi connectivity index (χ1) is 15.2. The van der Waals surface area contributed by atoms with Gasteiger partial charge in [0.2, 0.25) is 5.91 Å². The number of carbonyl (C=O) groups excluding carboxylic acids is 1. The molecule has 5 heteroatoms. The van der Waals surface area contributed by atoms with Gasteiger partial charge in [0, 0.05) is 58.4 Å². The van der Waals surface area contributed by atoms with Gasteiger partial charge >= 0.3 is 0 Å². The van der Waals surface area contributed by atoms with Gasteiger partial charge in [-0.3, -0.25) is 9.69 Å². The van der Waals surface area contributed by atoms with Crippen molar-refractivity contribution in [1.82, 2.24) is 14.8 Å². The highest BCUT2D eigenvalue weighted by atomic mass is 16.2. The Balaban J connectivity index is 1.18. The maximum atomic E-state index is 12.8. The molecule has 0 radical (unpaired) electrons. The number of rotatable bonds is 7. The number of hydrogen-bond donors (Lipinski definition) is 0. The number of piperazine rings is 1. The first kappa shape index (κ1) is 21.8. The summed E-state index contributed by atoms with van der Waals surface area (Å²) in [6.07, 6.45) is 6.86. The molecule has 1 unspecified atom stereocenters. The summed E-state index contributed by atoms with van der Waals surface area (Å²) in [6, 6.07) is 14.8. The molecule has 0 spiro atoms. The average Bonchev–Trinajstić information content (AvgIpc) is 2.81. The van der Waals surface area contributed by atoms with Crippen LogP contribution in [0, 0.1) is 12.8 Å². The second-order valence-electron chi connectivity index (χ2n) is 9.16. The molecular formula is C26H36N4O. The number of nitrogens with zero attached hydrogens (tertiary/aromatic N) is 4. The van der Waals surface area contributed by atoms with Gasteiger partial charge in [0.05, 0.1) is 0 Å². The predicted octanol–water partition coefficient (Wildman–Crippen LogP) is 3.77. The third-order valence-electron chi connectivity index (χ3n) is 6.71. The zero-order valence-electron chi connectivity index (χ0n) is 18.9. The fourth-order valence-corrected chi connectivity index (χ4v) is 4.86. The van der Waals surface area contributed by atoms with E-state index in [-0.39, 0.29) is 0 Å². The number of hydrogen-bond acceptors (Lipinski definition) is 4. The van der Waals surface area contributed by atoms with E-state index in [9.17, 15) is 4.79 Å². The molecule has 31 heavy (non-hydrogen) atoms.